The standard InChI is InChI=1S/C11H19N3O3/c1-6(2)4-7(12)10(16)13-8-5-9(15)14(3)11(8)17/h6-8H,4-5,12H2,1-3H3,(H,13,16). The molecule has 3 N–H and O–H groups in total. The van der Waals surface area contributed by atoms with Crippen molar-refractivity contribution in [1.82, 2.24) is 10.2 Å². The molecule has 6 nitrogen and oxygen atoms in total. The molecule has 0 saturated carbocycles. The van der Waals surface area contributed by atoms with E-state index in [1.165, 1.54) is 7.05 Å². The van der Waals surface area contributed by atoms with E-state index in [2.05, 4.69) is 5.32 Å². The lowest BCUT2D eigenvalue weighted by Crippen LogP contribution is -2.48. The third-order valence-electron chi connectivity index (χ3n) is 2.76. The normalized spacial score (nSPS) is 22.2. The number of nitrogens with zero attached hydrogens (tertiary/aromatic N) is 1. The summed E-state index contributed by atoms with van der Waals surface area (Å²) in [5, 5.41) is 2.52. The molecule has 1 fully saturated rings. The average Bonchev–Trinajstić information content (AvgIpc) is 2.45. The number of nitrogens with two attached hydrogens (primary N) is 1. The van der Waals surface area contributed by atoms with Crippen LogP contribution in [0.25, 0.3) is 0 Å². The fraction of sp³-hybridized carbons (Fsp3) is 0.727. The van der Waals surface area contributed by atoms with Gasteiger partial charge in [-0.3, -0.25) is 19.3 Å². The molecular weight excluding hydrogens is 222 g/mol. The summed E-state index contributed by atoms with van der Waals surface area (Å²) in [7, 11) is 1.41. The zero-order valence-corrected chi connectivity index (χ0v) is 10.4. The van der Waals surface area contributed by atoms with E-state index in [4.69, 9.17) is 5.73 Å². The smallest absolute Gasteiger partial charge is 0.252 e. The van der Waals surface area contributed by atoms with Gasteiger partial charge in [0.1, 0.15) is 6.04 Å². The monoisotopic (exact) mass is 241 g/mol. The second-order valence-electron chi connectivity index (χ2n) is 4.79. The number of hydrogen-bond acceptors (Lipinski definition) is 4. The first-order chi connectivity index (χ1) is 7.82. The Kier molecular flexibility index (Phi) is 4.22. The Balaban J connectivity index is 2.52. The number of amides is 3. The summed E-state index contributed by atoms with van der Waals surface area (Å²) in [5.41, 5.74) is 5.69. The minimum Gasteiger partial charge on any atom is -0.342 e. The third-order valence-corrected chi connectivity index (χ3v) is 2.76. The van der Waals surface area contributed by atoms with E-state index in [1.807, 2.05) is 13.8 Å². The molecular formula is C11H19N3O3. The van der Waals surface area contributed by atoms with Crippen LogP contribution < -0.4 is 11.1 Å². The Morgan fingerprint density at radius 2 is 2.12 bits per heavy atom. The van der Waals surface area contributed by atoms with Crippen LogP contribution in [0.2, 0.25) is 0 Å². The molecule has 0 bridgehead atoms. The molecule has 0 aliphatic carbocycles. The molecule has 96 valence electrons. The molecule has 2 atom stereocenters. The predicted octanol–water partition coefficient (Wildman–Crippen LogP) is -0.767. The molecule has 17 heavy (non-hydrogen) atoms. The number of hydrogen-bond donors (Lipinski definition) is 2. The van der Waals surface area contributed by atoms with E-state index in [0.717, 1.165) is 4.90 Å². The molecule has 0 aromatic carbocycles. The van der Waals surface area contributed by atoms with Crippen molar-refractivity contribution in [2.24, 2.45) is 11.7 Å². The van der Waals surface area contributed by atoms with Gasteiger partial charge in [-0.1, -0.05) is 13.8 Å². The maximum absolute atomic E-state index is 11.7. The minimum absolute atomic E-state index is 0.0233. The van der Waals surface area contributed by atoms with Crippen molar-refractivity contribution >= 4 is 17.7 Å². The van der Waals surface area contributed by atoms with Crippen molar-refractivity contribution < 1.29 is 14.4 Å². The van der Waals surface area contributed by atoms with Crippen LogP contribution in [0.3, 0.4) is 0 Å². The number of nitrogens with one attached hydrogen (secondary N) is 1. The highest BCUT2D eigenvalue weighted by Gasteiger charge is 2.37. The van der Waals surface area contributed by atoms with Crippen LogP contribution >= 0.6 is 0 Å². The molecule has 3 amide bonds. The SMILES string of the molecule is CC(C)CC(N)C(=O)NC1CC(=O)N(C)C1=O. The first-order valence-corrected chi connectivity index (χ1v) is 5.69. The zero-order valence-electron chi connectivity index (χ0n) is 10.4. The molecule has 2 unspecified atom stereocenters. The van der Waals surface area contributed by atoms with Crippen LogP contribution in [0.4, 0.5) is 0 Å². The Labute approximate surface area is 101 Å². The summed E-state index contributed by atoms with van der Waals surface area (Å²) >= 11 is 0. The molecule has 0 aromatic heterocycles. The van der Waals surface area contributed by atoms with E-state index < -0.39 is 12.1 Å². The lowest BCUT2D eigenvalue weighted by Gasteiger charge is -2.16. The molecule has 6 heteroatoms. The highest BCUT2D eigenvalue weighted by molar-refractivity contribution is 6.06. The average molecular weight is 241 g/mol. The van der Waals surface area contributed by atoms with Gasteiger partial charge in [0.05, 0.1) is 12.5 Å². The maximum atomic E-state index is 11.7. The summed E-state index contributed by atoms with van der Waals surface area (Å²) < 4.78 is 0. The van der Waals surface area contributed by atoms with Crippen molar-refractivity contribution in [2.45, 2.75) is 38.8 Å². The number of carbonyl (C=O) groups excluding carboxylic acids is 3. The van der Waals surface area contributed by atoms with Gasteiger partial charge in [0, 0.05) is 7.05 Å². The van der Waals surface area contributed by atoms with Crippen molar-refractivity contribution in [1.29, 1.82) is 0 Å². The van der Waals surface area contributed by atoms with E-state index in [0.29, 0.717) is 12.3 Å². The van der Waals surface area contributed by atoms with Gasteiger partial charge in [0.15, 0.2) is 0 Å². The van der Waals surface area contributed by atoms with Gasteiger partial charge in [0.2, 0.25) is 11.8 Å². The summed E-state index contributed by atoms with van der Waals surface area (Å²) in [6.07, 6.45) is 0.575. The summed E-state index contributed by atoms with van der Waals surface area (Å²) in [5.74, 6) is -0.725. The summed E-state index contributed by atoms with van der Waals surface area (Å²) in [4.78, 5) is 35.5. The van der Waals surface area contributed by atoms with Gasteiger partial charge < -0.3 is 11.1 Å². The lowest BCUT2D eigenvalue weighted by atomic mass is 10.0. The van der Waals surface area contributed by atoms with Gasteiger partial charge >= 0.3 is 0 Å². The first kappa shape index (κ1) is 13.6. The molecule has 1 aliphatic rings. The van der Waals surface area contributed by atoms with Gasteiger partial charge in [-0.25, -0.2) is 0 Å². The number of imide groups is 1. The van der Waals surface area contributed by atoms with Crippen LogP contribution in [-0.4, -0.2) is 41.8 Å². The molecule has 1 saturated heterocycles. The Bertz CT molecular complexity index is 341. The second kappa shape index (κ2) is 5.27. The fourth-order valence-corrected chi connectivity index (χ4v) is 1.76. The van der Waals surface area contributed by atoms with Crippen LogP contribution in [0.1, 0.15) is 26.7 Å². The van der Waals surface area contributed by atoms with Crippen LogP contribution in [-0.2, 0) is 14.4 Å². The van der Waals surface area contributed by atoms with E-state index in [1.54, 1.807) is 0 Å². The number of likely N-dealkylation sites (tertiary alicyclic amines) is 1. The second-order valence-corrected chi connectivity index (χ2v) is 4.79. The molecule has 0 aromatic rings. The maximum Gasteiger partial charge on any atom is 0.252 e. The number of likely N-dealkylation sites (N-methyl/N-ethyl adjacent to an activating group) is 1. The molecule has 0 radical (unpaired) electrons. The van der Waals surface area contributed by atoms with Crippen LogP contribution in [0.5, 0.6) is 0 Å². The predicted molar refractivity (Wildman–Crippen MR) is 61.8 cm³/mol. The quantitative estimate of drug-likeness (QED) is 0.632. The van der Waals surface area contributed by atoms with Gasteiger partial charge in [-0.05, 0) is 12.3 Å². The Morgan fingerprint density at radius 1 is 1.53 bits per heavy atom. The van der Waals surface area contributed by atoms with Gasteiger partial charge in [-0.15, -0.1) is 0 Å². The summed E-state index contributed by atoms with van der Waals surface area (Å²) in [6, 6.07) is -1.39. The van der Waals surface area contributed by atoms with Gasteiger partial charge in [0.25, 0.3) is 5.91 Å². The summed E-state index contributed by atoms with van der Waals surface area (Å²) in [6.45, 7) is 3.93. The Morgan fingerprint density at radius 3 is 2.53 bits per heavy atom. The third kappa shape index (κ3) is 3.26. The first-order valence-electron chi connectivity index (χ1n) is 5.69. The number of carbonyl (C=O) groups is 3. The van der Waals surface area contributed by atoms with Crippen molar-refractivity contribution in [3.05, 3.63) is 0 Å². The molecule has 1 heterocycles. The highest BCUT2D eigenvalue weighted by atomic mass is 16.2. The highest BCUT2D eigenvalue weighted by Crippen LogP contribution is 2.11. The molecule has 1 aliphatic heterocycles. The van der Waals surface area contributed by atoms with Gasteiger partial charge in [-0.2, -0.15) is 0 Å². The minimum atomic E-state index is -0.752. The molecule has 1 rings (SSSR count). The fourth-order valence-electron chi connectivity index (χ4n) is 1.76. The van der Waals surface area contributed by atoms with Crippen molar-refractivity contribution in [3.8, 4) is 0 Å². The molecule has 0 spiro atoms. The van der Waals surface area contributed by atoms with E-state index in [-0.39, 0.29) is 24.1 Å². The van der Waals surface area contributed by atoms with Crippen LogP contribution in [0.15, 0.2) is 0 Å². The largest absolute Gasteiger partial charge is 0.342 e. The van der Waals surface area contributed by atoms with Crippen molar-refractivity contribution in [2.75, 3.05) is 7.05 Å². The Hall–Kier alpha value is -1.43. The van der Waals surface area contributed by atoms with Crippen LogP contribution in [0, 0.1) is 5.92 Å². The number of rotatable bonds is 4. The zero-order chi connectivity index (χ0) is 13.2. The lowest BCUT2D eigenvalue weighted by molar-refractivity contribution is -0.138. The van der Waals surface area contributed by atoms with E-state index in [9.17, 15) is 14.4 Å². The van der Waals surface area contributed by atoms with Crippen molar-refractivity contribution in [3.63, 3.8) is 0 Å². The van der Waals surface area contributed by atoms with E-state index >= 15 is 0 Å². The topological polar surface area (TPSA) is 92.5 Å².